The van der Waals surface area contributed by atoms with Crippen molar-refractivity contribution in [3.8, 4) is 0 Å². The number of carbonyl (C=O) groups is 2. The molecule has 2 amide bonds. The quantitative estimate of drug-likeness (QED) is 0.787. The van der Waals surface area contributed by atoms with E-state index < -0.39 is 6.04 Å². The van der Waals surface area contributed by atoms with Crippen LogP contribution < -0.4 is 5.32 Å². The van der Waals surface area contributed by atoms with E-state index in [1.807, 2.05) is 42.5 Å². The van der Waals surface area contributed by atoms with Crippen molar-refractivity contribution in [3.05, 3.63) is 72.6 Å². The zero-order chi connectivity index (χ0) is 17.9. The minimum Gasteiger partial charge on any atom is -0.324 e. The van der Waals surface area contributed by atoms with Crippen molar-refractivity contribution in [2.75, 3.05) is 5.32 Å². The average Bonchev–Trinajstić information content (AvgIpc) is 3.06. The van der Waals surface area contributed by atoms with E-state index in [-0.39, 0.29) is 18.4 Å². The highest BCUT2D eigenvalue weighted by atomic mass is 16.2. The topological polar surface area (TPSA) is 88.7 Å². The lowest BCUT2D eigenvalue weighted by Crippen LogP contribution is -2.19. The molecule has 26 heavy (non-hydrogen) atoms. The standard InChI is InChI=1S/C19H15N5O2/c25-18-10-9-15(22-23-18)13-5-1-2-6-14(13)21-19(26)11-24-12-20-16-7-3-4-8-17(16)24/h1-10,12,15H,11H2,(H,21,26). The molecule has 0 saturated heterocycles. The zero-order valence-electron chi connectivity index (χ0n) is 13.7. The molecule has 128 valence electrons. The van der Waals surface area contributed by atoms with Crippen LogP contribution in [0.2, 0.25) is 0 Å². The van der Waals surface area contributed by atoms with Gasteiger partial charge in [-0.05, 0) is 24.3 Å². The molecule has 4 rings (SSSR count). The highest BCUT2D eigenvalue weighted by Gasteiger charge is 2.17. The first-order valence-electron chi connectivity index (χ1n) is 8.12. The molecular formula is C19H15N5O2. The second-order valence-electron chi connectivity index (χ2n) is 5.85. The van der Waals surface area contributed by atoms with Crippen LogP contribution in [0, 0.1) is 0 Å². The fourth-order valence-electron chi connectivity index (χ4n) is 2.88. The van der Waals surface area contributed by atoms with Crippen LogP contribution in [0.4, 0.5) is 5.69 Å². The molecule has 0 bridgehead atoms. The molecule has 2 heterocycles. The van der Waals surface area contributed by atoms with Crippen molar-refractivity contribution in [2.45, 2.75) is 12.6 Å². The van der Waals surface area contributed by atoms with E-state index in [0.717, 1.165) is 16.6 Å². The summed E-state index contributed by atoms with van der Waals surface area (Å²) >= 11 is 0. The number of imidazole rings is 1. The maximum Gasteiger partial charge on any atom is 0.287 e. The third-order valence-electron chi connectivity index (χ3n) is 4.10. The van der Waals surface area contributed by atoms with Crippen molar-refractivity contribution in [1.29, 1.82) is 0 Å². The molecule has 1 unspecified atom stereocenters. The maximum atomic E-state index is 12.5. The number of aromatic nitrogens is 2. The molecule has 1 aliphatic heterocycles. The fourth-order valence-corrected chi connectivity index (χ4v) is 2.88. The van der Waals surface area contributed by atoms with Crippen LogP contribution in [0.25, 0.3) is 11.0 Å². The SMILES string of the molecule is O=C1C=CC(c2ccccc2NC(=O)Cn2cnc3ccccc32)N=N1. The Kier molecular flexibility index (Phi) is 4.10. The van der Waals surface area contributed by atoms with Gasteiger partial charge in [-0.15, -0.1) is 5.11 Å². The van der Waals surface area contributed by atoms with Gasteiger partial charge >= 0.3 is 0 Å². The smallest absolute Gasteiger partial charge is 0.287 e. The van der Waals surface area contributed by atoms with Crippen LogP contribution in [-0.4, -0.2) is 21.4 Å². The predicted octanol–water partition coefficient (Wildman–Crippen LogP) is 3.26. The van der Waals surface area contributed by atoms with Gasteiger partial charge in [0, 0.05) is 17.3 Å². The van der Waals surface area contributed by atoms with Gasteiger partial charge in [-0.25, -0.2) is 4.98 Å². The Bertz CT molecular complexity index is 1030. The number of anilines is 1. The predicted molar refractivity (Wildman–Crippen MR) is 96.5 cm³/mol. The Morgan fingerprint density at radius 1 is 1.12 bits per heavy atom. The number of rotatable bonds is 4. The van der Waals surface area contributed by atoms with Crippen LogP contribution in [-0.2, 0) is 16.1 Å². The van der Waals surface area contributed by atoms with Gasteiger partial charge in [0.15, 0.2) is 0 Å². The highest BCUT2D eigenvalue weighted by Crippen LogP contribution is 2.28. The van der Waals surface area contributed by atoms with Gasteiger partial charge in [0.1, 0.15) is 12.6 Å². The van der Waals surface area contributed by atoms with Crippen molar-refractivity contribution in [3.63, 3.8) is 0 Å². The third kappa shape index (κ3) is 3.14. The third-order valence-corrected chi connectivity index (χ3v) is 4.10. The Morgan fingerprint density at radius 2 is 1.92 bits per heavy atom. The number of hydrogen-bond acceptors (Lipinski definition) is 4. The van der Waals surface area contributed by atoms with E-state index in [4.69, 9.17) is 0 Å². The number of hydrogen-bond donors (Lipinski definition) is 1. The number of azo groups is 1. The number of carbonyl (C=O) groups excluding carboxylic acids is 2. The van der Waals surface area contributed by atoms with E-state index in [1.54, 1.807) is 23.0 Å². The highest BCUT2D eigenvalue weighted by molar-refractivity contribution is 5.93. The van der Waals surface area contributed by atoms with Crippen LogP contribution >= 0.6 is 0 Å². The second-order valence-corrected chi connectivity index (χ2v) is 5.85. The van der Waals surface area contributed by atoms with Crippen LogP contribution in [0.3, 0.4) is 0 Å². The van der Waals surface area contributed by atoms with Gasteiger partial charge in [-0.1, -0.05) is 30.3 Å². The van der Waals surface area contributed by atoms with Crippen LogP contribution in [0.5, 0.6) is 0 Å². The fraction of sp³-hybridized carbons (Fsp3) is 0.105. The molecule has 0 saturated carbocycles. The molecule has 2 aromatic carbocycles. The van der Waals surface area contributed by atoms with E-state index in [1.165, 1.54) is 6.08 Å². The Balaban J connectivity index is 1.54. The molecule has 0 aliphatic carbocycles. The average molecular weight is 345 g/mol. The van der Waals surface area contributed by atoms with E-state index in [2.05, 4.69) is 20.5 Å². The first kappa shape index (κ1) is 15.9. The van der Waals surface area contributed by atoms with Crippen molar-refractivity contribution >= 4 is 28.5 Å². The Morgan fingerprint density at radius 3 is 2.77 bits per heavy atom. The number of para-hydroxylation sites is 3. The van der Waals surface area contributed by atoms with Crippen molar-refractivity contribution < 1.29 is 9.59 Å². The summed E-state index contributed by atoms with van der Waals surface area (Å²) in [4.78, 5) is 28.0. The second kappa shape index (κ2) is 6.72. The molecular weight excluding hydrogens is 330 g/mol. The van der Waals surface area contributed by atoms with Gasteiger partial charge < -0.3 is 9.88 Å². The van der Waals surface area contributed by atoms with Gasteiger partial charge in [-0.2, -0.15) is 5.11 Å². The summed E-state index contributed by atoms with van der Waals surface area (Å²) in [5, 5.41) is 10.5. The molecule has 1 aliphatic rings. The summed E-state index contributed by atoms with van der Waals surface area (Å²) in [6.07, 6.45) is 4.71. The molecule has 0 fully saturated rings. The summed E-state index contributed by atoms with van der Waals surface area (Å²) in [6, 6.07) is 14.6. The van der Waals surface area contributed by atoms with Crippen LogP contribution in [0.15, 0.2) is 77.2 Å². The van der Waals surface area contributed by atoms with E-state index in [9.17, 15) is 9.59 Å². The van der Waals surface area contributed by atoms with E-state index in [0.29, 0.717) is 5.69 Å². The summed E-state index contributed by atoms with van der Waals surface area (Å²) in [5.41, 5.74) is 3.17. The lowest BCUT2D eigenvalue weighted by molar-refractivity contribution is -0.117. The molecule has 1 aromatic heterocycles. The Hall–Kier alpha value is -3.61. The number of fused-ring (bicyclic) bond motifs is 1. The number of nitrogens with one attached hydrogen (secondary N) is 1. The summed E-state index contributed by atoms with van der Waals surface area (Å²) in [5.74, 6) is -0.553. The van der Waals surface area contributed by atoms with Gasteiger partial charge in [0.25, 0.3) is 5.91 Å². The summed E-state index contributed by atoms with van der Waals surface area (Å²) < 4.78 is 1.80. The summed E-state index contributed by atoms with van der Waals surface area (Å²) in [7, 11) is 0. The number of nitrogens with zero attached hydrogens (tertiary/aromatic N) is 4. The molecule has 7 nitrogen and oxygen atoms in total. The normalized spacial score (nSPS) is 16.2. The number of benzene rings is 2. The molecule has 0 spiro atoms. The minimum absolute atomic E-state index is 0.148. The van der Waals surface area contributed by atoms with Crippen molar-refractivity contribution in [1.82, 2.24) is 9.55 Å². The van der Waals surface area contributed by atoms with Gasteiger partial charge in [-0.3, -0.25) is 9.59 Å². The van der Waals surface area contributed by atoms with Gasteiger partial charge in [0.05, 0.1) is 17.4 Å². The minimum atomic E-state index is -0.390. The first-order valence-corrected chi connectivity index (χ1v) is 8.12. The molecule has 7 heteroatoms. The van der Waals surface area contributed by atoms with Crippen LogP contribution in [0.1, 0.15) is 11.6 Å². The lowest BCUT2D eigenvalue weighted by atomic mass is 10.0. The Labute approximate surface area is 149 Å². The summed E-state index contributed by atoms with van der Waals surface area (Å²) in [6.45, 7) is 0.148. The zero-order valence-corrected chi connectivity index (χ0v) is 13.7. The van der Waals surface area contributed by atoms with Crippen molar-refractivity contribution in [2.24, 2.45) is 10.2 Å². The molecule has 1 N–H and O–H groups in total. The molecule has 0 radical (unpaired) electrons. The monoisotopic (exact) mass is 345 g/mol. The maximum absolute atomic E-state index is 12.5. The number of amides is 2. The van der Waals surface area contributed by atoms with E-state index >= 15 is 0 Å². The molecule has 3 aromatic rings. The van der Waals surface area contributed by atoms with Gasteiger partial charge in [0.2, 0.25) is 5.91 Å². The largest absolute Gasteiger partial charge is 0.324 e. The lowest BCUT2D eigenvalue weighted by Gasteiger charge is -2.15. The molecule has 1 atom stereocenters. The first-order chi connectivity index (χ1) is 12.7.